The van der Waals surface area contributed by atoms with Crippen molar-refractivity contribution < 1.29 is 13.2 Å². The van der Waals surface area contributed by atoms with E-state index in [0.29, 0.717) is 33.0 Å². The second kappa shape index (κ2) is 14.7. The Morgan fingerprint density at radius 2 is 1.16 bits per heavy atom. The number of halogens is 3. The molecule has 0 N–H and O–H groups in total. The number of hydrogen-bond donors (Lipinski definition) is 0. The van der Waals surface area contributed by atoms with Crippen LogP contribution in [-0.2, 0) is 6.18 Å². The van der Waals surface area contributed by atoms with E-state index in [-0.39, 0.29) is 34.0 Å². The molecule has 1 aliphatic rings. The van der Waals surface area contributed by atoms with E-state index < -0.39 is 23.9 Å². The fourth-order valence-electron chi connectivity index (χ4n) is 10.1. The second-order valence-electron chi connectivity index (χ2n) is 18.1. The molecule has 1 aliphatic heterocycles. The number of anilines is 3. The molecular weight excluding hydrogens is 788 g/mol. The van der Waals surface area contributed by atoms with Crippen LogP contribution in [0.1, 0.15) is 87.1 Å². The van der Waals surface area contributed by atoms with E-state index in [1.807, 2.05) is 59.9 Å². The maximum absolute atomic E-state index is 15.8. The number of para-hydroxylation sites is 1. The highest BCUT2D eigenvalue weighted by atomic mass is 19.4. The van der Waals surface area contributed by atoms with E-state index in [1.165, 1.54) is 22.8 Å². The SMILES string of the molecule is Cc1ccc2c(c1)c(=O)c1c3c(cc4c(=O)c5cc(C(F)(F)F)ccc5n2c41)N(c1ccc(-c2ccccc2)cc1)c1ccccc1B3c1c(C(C)C)cc(C(C)C)cc1C(C)C. The fraction of sp³-hybridized carbons (Fsp3) is 0.200. The minimum atomic E-state index is -4.67. The second-order valence-corrected chi connectivity index (χ2v) is 18.1. The third-order valence-electron chi connectivity index (χ3n) is 13.2. The van der Waals surface area contributed by atoms with Crippen LogP contribution in [0.5, 0.6) is 0 Å². The summed E-state index contributed by atoms with van der Waals surface area (Å²) in [7, 11) is 0. The van der Waals surface area contributed by atoms with E-state index >= 15 is 9.59 Å². The van der Waals surface area contributed by atoms with E-state index in [2.05, 4.69) is 113 Å². The zero-order valence-corrected chi connectivity index (χ0v) is 36.4. The lowest BCUT2D eigenvalue weighted by atomic mass is 9.32. The van der Waals surface area contributed by atoms with Gasteiger partial charge in [0.2, 0.25) is 6.71 Å². The van der Waals surface area contributed by atoms with Crippen molar-refractivity contribution in [3.05, 3.63) is 182 Å². The van der Waals surface area contributed by atoms with Gasteiger partial charge in [-0.05, 0) is 118 Å². The van der Waals surface area contributed by atoms with Gasteiger partial charge in [-0.15, -0.1) is 0 Å². The van der Waals surface area contributed by atoms with E-state index in [0.717, 1.165) is 56.6 Å². The Hall–Kier alpha value is -6.67. The third kappa shape index (κ3) is 6.28. The van der Waals surface area contributed by atoms with Gasteiger partial charge in [0.1, 0.15) is 0 Å². The molecule has 0 spiro atoms. The maximum atomic E-state index is 15.8. The summed E-state index contributed by atoms with van der Waals surface area (Å²) in [5, 5.41) is 0.940. The average molecular weight is 835 g/mol. The van der Waals surface area contributed by atoms with Gasteiger partial charge in [-0.1, -0.05) is 131 Å². The van der Waals surface area contributed by atoms with Gasteiger partial charge in [0.25, 0.3) is 0 Å². The van der Waals surface area contributed by atoms with Gasteiger partial charge in [-0.2, -0.15) is 13.2 Å². The van der Waals surface area contributed by atoms with Crippen molar-refractivity contribution in [2.24, 2.45) is 0 Å². The Bertz CT molecular complexity index is 3400. The highest BCUT2D eigenvalue weighted by Crippen LogP contribution is 2.42. The van der Waals surface area contributed by atoms with Crippen LogP contribution in [-0.4, -0.2) is 11.1 Å². The standard InChI is InChI=1S/C55H46BF3N2O2/c1-30(2)36-26-39(31(3)4)50(40(27-36)32(5)6)56-44-15-11-12-16-47(44)60(38-21-18-35(19-22-38)34-13-9-8-10-14-34)48-29-43-52-49(51(48)56)54(63)41-25-33(7)17-23-45(41)61(52)46-24-20-37(55(57,58)59)28-42(46)53(43)62/h8-32H,1-7H3. The molecule has 0 unspecified atom stereocenters. The Labute approximate surface area is 364 Å². The lowest BCUT2D eigenvalue weighted by Gasteiger charge is -2.39. The highest BCUT2D eigenvalue weighted by Gasteiger charge is 2.42. The first-order valence-electron chi connectivity index (χ1n) is 21.8. The fourth-order valence-corrected chi connectivity index (χ4v) is 10.1. The van der Waals surface area contributed by atoms with Crippen LogP contribution in [0.25, 0.3) is 49.2 Å². The van der Waals surface area contributed by atoms with Gasteiger partial charge in [-0.25, -0.2) is 0 Å². The first kappa shape index (κ1) is 40.4. The van der Waals surface area contributed by atoms with Crippen molar-refractivity contribution >= 4 is 78.3 Å². The van der Waals surface area contributed by atoms with E-state index in [1.54, 1.807) is 0 Å². The zero-order valence-electron chi connectivity index (χ0n) is 36.4. The normalized spacial score (nSPS) is 13.1. The summed E-state index contributed by atoms with van der Waals surface area (Å²) in [6, 6.07) is 42.2. The number of pyridine rings is 2. The van der Waals surface area contributed by atoms with Crippen LogP contribution >= 0.6 is 0 Å². The van der Waals surface area contributed by atoms with Gasteiger partial charge in [0.15, 0.2) is 10.9 Å². The zero-order chi connectivity index (χ0) is 44.2. The first-order chi connectivity index (χ1) is 30.1. The number of alkyl halides is 3. The Morgan fingerprint density at radius 1 is 0.556 bits per heavy atom. The van der Waals surface area contributed by atoms with Crippen molar-refractivity contribution in [2.45, 2.75) is 72.4 Å². The summed E-state index contributed by atoms with van der Waals surface area (Å²) >= 11 is 0. The molecule has 0 aliphatic carbocycles. The van der Waals surface area contributed by atoms with Crippen LogP contribution in [0.15, 0.2) is 143 Å². The lowest BCUT2D eigenvalue weighted by molar-refractivity contribution is -0.137. The number of nitrogens with zero attached hydrogens (tertiary/aromatic N) is 2. The minimum Gasteiger partial charge on any atom is -0.311 e. The largest absolute Gasteiger partial charge is 0.416 e. The Morgan fingerprint density at radius 3 is 1.79 bits per heavy atom. The summed E-state index contributed by atoms with van der Waals surface area (Å²) in [6.45, 7) is 14.8. The smallest absolute Gasteiger partial charge is 0.311 e. The first-order valence-corrected chi connectivity index (χ1v) is 21.8. The molecule has 0 atom stereocenters. The van der Waals surface area contributed by atoms with E-state index in [4.69, 9.17) is 0 Å². The molecule has 0 fully saturated rings. The molecule has 0 amide bonds. The molecule has 0 saturated carbocycles. The number of rotatable bonds is 6. The van der Waals surface area contributed by atoms with E-state index in [9.17, 15) is 13.2 Å². The van der Waals surface area contributed by atoms with Crippen LogP contribution < -0.4 is 32.1 Å². The molecule has 9 aromatic rings. The lowest BCUT2D eigenvalue weighted by Crippen LogP contribution is -2.60. The quantitative estimate of drug-likeness (QED) is 0.0952. The summed E-state index contributed by atoms with van der Waals surface area (Å²) in [5.41, 5.74) is 11.4. The van der Waals surface area contributed by atoms with Gasteiger partial charge in [0, 0.05) is 38.6 Å². The predicted molar refractivity (Wildman–Crippen MR) is 257 cm³/mol. The van der Waals surface area contributed by atoms with Gasteiger partial charge in [0.05, 0.1) is 22.1 Å². The van der Waals surface area contributed by atoms with Gasteiger partial charge < -0.3 is 9.30 Å². The number of benzene rings is 7. The van der Waals surface area contributed by atoms with Crippen molar-refractivity contribution in [3.63, 3.8) is 0 Å². The predicted octanol–water partition coefficient (Wildman–Crippen LogP) is 12.2. The summed E-state index contributed by atoms with van der Waals surface area (Å²) in [6.07, 6.45) is -4.67. The maximum Gasteiger partial charge on any atom is 0.416 e. The number of hydrogen-bond acceptors (Lipinski definition) is 3. The highest BCUT2D eigenvalue weighted by molar-refractivity contribution is 7.00. The number of aromatic nitrogens is 1. The molecular formula is C55H46BF3N2O2. The molecule has 10 rings (SSSR count). The van der Waals surface area contributed by atoms with Crippen LogP contribution in [0.3, 0.4) is 0 Å². The summed E-state index contributed by atoms with van der Waals surface area (Å²) in [5.74, 6) is 0.522. The van der Waals surface area contributed by atoms with Crippen LogP contribution in [0.2, 0.25) is 0 Å². The Balaban J connectivity index is 1.44. The molecule has 7 aromatic carbocycles. The van der Waals surface area contributed by atoms with Crippen molar-refractivity contribution in [1.29, 1.82) is 0 Å². The molecule has 0 bridgehead atoms. The Kier molecular flexibility index (Phi) is 9.44. The average Bonchev–Trinajstić information content (AvgIpc) is 3.27. The molecule has 8 heteroatoms. The molecule has 0 saturated heterocycles. The van der Waals surface area contributed by atoms with Crippen molar-refractivity contribution in [3.8, 4) is 11.1 Å². The summed E-state index contributed by atoms with van der Waals surface area (Å²) in [4.78, 5) is 33.0. The molecule has 3 heterocycles. The molecule has 4 nitrogen and oxygen atoms in total. The number of fused-ring (bicyclic) bond motifs is 7. The topological polar surface area (TPSA) is 41.8 Å². The van der Waals surface area contributed by atoms with Crippen LogP contribution in [0, 0.1) is 6.92 Å². The molecule has 63 heavy (non-hydrogen) atoms. The van der Waals surface area contributed by atoms with Gasteiger partial charge in [-0.3, -0.25) is 9.59 Å². The monoisotopic (exact) mass is 834 g/mol. The van der Waals surface area contributed by atoms with Crippen molar-refractivity contribution in [2.75, 3.05) is 4.90 Å². The summed E-state index contributed by atoms with van der Waals surface area (Å²) < 4.78 is 45.0. The molecule has 0 radical (unpaired) electrons. The molecule has 312 valence electrons. The third-order valence-corrected chi connectivity index (χ3v) is 13.2. The van der Waals surface area contributed by atoms with Gasteiger partial charge >= 0.3 is 6.18 Å². The van der Waals surface area contributed by atoms with Crippen molar-refractivity contribution in [1.82, 2.24) is 4.40 Å². The molecule has 2 aromatic heterocycles. The minimum absolute atomic E-state index is 0.0657. The van der Waals surface area contributed by atoms with Crippen LogP contribution in [0.4, 0.5) is 30.2 Å². The number of aryl methyl sites for hydroxylation is 1.